The first-order valence-electron chi connectivity index (χ1n) is 5.07. The fourth-order valence-electron chi connectivity index (χ4n) is 1.45. The first kappa shape index (κ1) is 13.4. The van der Waals surface area contributed by atoms with Crippen molar-refractivity contribution in [1.29, 1.82) is 0 Å². The van der Waals surface area contributed by atoms with Gasteiger partial charge in [0.05, 0.1) is 0 Å². The number of halogens is 3. The summed E-state index contributed by atoms with van der Waals surface area (Å²) in [6, 6.07) is 12.0. The first-order chi connectivity index (χ1) is 8.54. The van der Waals surface area contributed by atoms with E-state index in [1.807, 2.05) is 0 Å². The number of carbonyl (C=O) groups is 1. The summed E-state index contributed by atoms with van der Waals surface area (Å²) >= 11 is 15.0. The van der Waals surface area contributed by atoms with E-state index in [0.717, 1.165) is 4.47 Å². The zero-order valence-electron chi connectivity index (χ0n) is 9.08. The van der Waals surface area contributed by atoms with Crippen LogP contribution in [-0.2, 0) is 0 Å². The van der Waals surface area contributed by atoms with E-state index in [2.05, 4.69) is 21.2 Å². The van der Waals surface area contributed by atoms with Gasteiger partial charge in [-0.15, -0.1) is 0 Å². The Morgan fingerprint density at radius 2 is 1.83 bits per heavy atom. The molecule has 0 heterocycles. The maximum atomic E-state index is 12.0. The summed E-state index contributed by atoms with van der Waals surface area (Å²) in [5.41, 5.74) is 1.12. The van der Waals surface area contributed by atoms with Crippen molar-refractivity contribution >= 4 is 50.7 Å². The molecule has 0 unspecified atom stereocenters. The number of carbonyl (C=O) groups excluding carboxylic acids is 1. The average Bonchev–Trinajstić information content (AvgIpc) is 2.27. The van der Waals surface area contributed by atoms with E-state index in [9.17, 15) is 4.79 Å². The minimum Gasteiger partial charge on any atom is -0.322 e. The lowest BCUT2D eigenvalue weighted by Crippen LogP contribution is -2.11. The number of rotatable bonds is 2. The highest BCUT2D eigenvalue weighted by Gasteiger charge is 2.08. The molecule has 2 aromatic rings. The van der Waals surface area contributed by atoms with Gasteiger partial charge in [-0.25, -0.2) is 0 Å². The summed E-state index contributed by atoms with van der Waals surface area (Å²) in [5, 5.41) is 3.82. The van der Waals surface area contributed by atoms with Crippen molar-refractivity contribution in [2.45, 2.75) is 0 Å². The number of nitrogens with one attached hydrogen (secondary N) is 1. The normalized spacial score (nSPS) is 10.2. The Labute approximate surface area is 123 Å². The van der Waals surface area contributed by atoms with E-state index in [1.54, 1.807) is 42.5 Å². The van der Waals surface area contributed by atoms with Gasteiger partial charge in [0.1, 0.15) is 0 Å². The van der Waals surface area contributed by atoms with Crippen LogP contribution in [0.3, 0.4) is 0 Å². The molecular weight excluding hydrogens is 337 g/mol. The quantitative estimate of drug-likeness (QED) is 0.815. The van der Waals surface area contributed by atoms with Gasteiger partial charge in [-0.1, -0.05) is 45.2 Å². The SMILES string of the molecule is O=C(Nc1cccc(Cl)c1)c1cc(Cl)cc(Br)c1. The molecule has 0 atom stereocenters. The number of amides is 1. The fourth-order valence-corrected chi connectivity index (χ4v) is 2.50. The summed E-state index contributed by atoms with van der Waals surface area (Å²) in [6.07, 6.45) is 0. The van der Waals surface area contributed by atoms with E-state index in [0.29, 0.717) is 21.3 Å². The van der Waals surface area contributed by atoms with Gasteiger partial charge in [-0.3, -0.25) is 4.79 Å². The molecule has 92 valence electrons. The van der Waals surface area contributed by atoms with Crippen molar-refractivity contribution < 1.29 is 4.79 Å². The Morgan fingerprint density at radius 3 is 2.50 bits per heavy atom. The molecule has 0 aromatic heterocycles. The van der Waals surface area contributed by atoms with E-state index >= 15 is 0 Å². The lowest BCUT2D eigenvalue weighted by molar-refractivity contribution is 0.102. The third-order valence-corrected chi connectivity index (χ3v) is 3.12. The average molecular weight is 345 g/mol. The van der Waals surface area contributed by atoms with Crippen LogP contribution in [0.4, 0.5) is 5.69 Å². The van der Waals surface area contributed by atoms with Gasteiger partial charge in [0.2, 0.25) is 0 Å². The maximum absolute atomic E-state index is 12.0. The molecule has 2 nitrogen and oxygen atoms in total. The molecule has 0 spiro atoms. The maximum Gasteiger partial charge on any atom is 0.255 e. The zero-order chi connectivity index (χ0) is 13.1. The molecule has 0 aliphatic heterocycles. The lowest BCUT2D eigenvalue weighted by atomic mass is 10.2. The molecule has 0 radical (unpaired) electrons. The predicted molar refractivity (Wildman–Crippen MR) is 78.6 cm³/mol. The fraction of sp³-hybridized carbons (Fsp3) is 0. The van der Waals surface area contributed by atoms with Gasteiger partial charge in [0.15, 0.2) is 0 Å². The summed E-state index contributed by atoms with van der Waals surface area (Å²) in [6.45, 7) is 0. The molecule has 0 saturated carbocycles. The van der Waals surface area contributed by atoms with Crippen molar-refractivity contribution in [2.24, 2.45) is 0 Å². The van der Waals surface area contributed by atoms with E-state index in [4.69, 9.17) is 23.2 Å². The molecule has 18 heavy (non-hydrogen) atoms. The van der Waals surface area contributed by atoms with Crippen molar-refractivity contribution in [1.82, 2.24) is 0 Å². The first-order valence-corrected chi connectivity index (χ1v) is 6.62. The molecule has 0 bridgehead atoms. The topological polar surface area (TPSA) is 29.1 Å². The van der Waals surface area contributed by atoms with Gasteiger partial charge in [-0.2, -0.15) is 0 Å². The Hall–Kier alpha value is -1.03. The van der Waals surface area contributed by atoms with Crippen molar-refractivity contribution in [3.63, 3.8) is 0 Å². The second-order valence-corrected chi connectivity index (χ2v) is 5.41. The van der Waals surface area contributed by atoms with Crippen molar-refractivity contribution in [3.8, 4) is 0 Å². The van der Waals surface area contributed by atoms with Gasteiger partial charge >= 0.3 is 0 Å². The standard InChI is InChI=1S/C13H8BrCl2NO/c14-9-4-8(5-11(16)6-9)13(18)17-12-3-1-2-10(15)7-12/h1-7H,(H,17,18). The number of benzene rings is 2. The van der Waals surface area contributed by atoms with Crippen LogP contribution in [0.2, 0.25) is 10.0 Å². The third kappa shape index (κ3) is 3.48. The van der Waals surface area contributed by atoms with Crippen LogP contribution < -0.4 is 5.32 Å². The number of hydrogen-bond donors (Lipinski definition) is 1. The summed E-state index contributed by atoms with van der Waals surface area (Å²) in [5.74, 6) is -0.236. The van der Waals surface area contributed by atoms with Gasteiger partial charge in [0.25, 0.3) is 5.91 Å². The van der Waals surface area contributed by atoms with E-state index in [-0.39, 0.29) is 5.91 Å². The molecule has 5 heteroatoms. The van der Waals surface area contributed by atoms with Crippen molar-refractivity contribution in [3.05, 3.63) is 62.5 Å². The van der Waals surface area contributed by atoms with E-state index < -0.39 is 0 Å². The van der Waals surface area contributed by atoms with Crippen LogP contribution >= 0.6 is 39.1 Å². The van der Waals surface area contributed by atoms with Crippen LogP contribution in [0.15, 0.2) is 46.9 Å². The largest absolute Gasteiger partial charge is 0.322 e. The number of anilines is 1. The Balaban J connectivity index is 2.22. The van der Waals surface area contributed by atoms with Gasteiger partial charge < -0.3 is 5.32 Å². The van der Waals surface area contributed by atoms with Crippen LogP contribution in [0, 0.1) is 0 Å². The van der Waals surface area contributed by atoms with Crippen molar-refractivity contribution in [2.75, 3.05) is 5.32 Å². The second-order valence-electron chi connectivity index (χ2n) is 3.62. The minimum atomic E-state index is -0.236. The molecule has 1 amide bonds. The third-order valence-electron chi connectivity index (χ3n) is 2.21. The summed E-state index contributed by atoms with van der Waals surface area (Å²) < 4.78 is 0.756. The lowest BCUT2D eigenvalue weighted by Gasteiger charge is -2.06. The minimum absolute atomic E-state index is 0.236. The van der Waals surface area contributed by atoms with Crippen LogP contribution in [0.5, 0.6) is 0 Å². The molecule has 0 fully saturated rings. The molecular formula is C13H8BrCl2NO. The highest BCUT2D eigenvalue weighted by molar-refractivity contribution is 9.10. The molecule has 2 aromatic carbocycles. The number of hydrogen-bond acceptors (Lipinski definition) is 1. The van der Waals surface area contributed by atoms with Crippen LogP contribution in [-0.4, -0.2) is 5.91 Å². The second kappa shape index (κ2) is 5.74. The summed E-state index contributed by atoms with van der Waals surface area (Å²) in [4.78, 5) is 12.0. The smallest absolute Gasteiger partial charge is 0.255 e. The van der Waals surface area contributed by atoms with Crippen LogP contribution in [0.1, 0.15) is 10.4 Å². The van der Waals surface area contributed by atoms with E-state index in [1.165, 1.54) is 0 Å². The molecule has 1 N–H and O–H groups in total. The molecule has 2 rings (SSSR count). The molecule has 0 aliphatic carbocycles. The van der Waals surface area contributed by atoms with Gasteiger partial charge in [-0.05, 0) is 36.4 Å². The zero-order valence-corrected chi connectivity index (χ0v) is 12.2. The highest BCUT2D eigenvalue weighted by atomic mass is 79.9. The Morgan fingerprint density at radius 1 is 1.06 bits per heavy atom. The Kier molecular flexibility index (Phi) is 4.27. The monoisotopic (exact) mass is 343 g/mol. The molecule has 0 saturated heterocycles. The van der Waals surface area contributed by atoms with Crippen LogP contribution in [0.25, 0.3) is 0 Å². The Bertz CT molecular complexity index is 581. The molecule has 0 aliphatic rings. The summed E-state index contributed by atoms with van der Waals surface area (Å²) in [7, 11) is 0. The highest BCUT2D eigenvalue weighted by Crippen LogP contribution is 2.21. The predicted octanol–water partition coefficient (Wildman–Crippen LogP) is 5.01. The van der Waals surface area contributed by atoms with Gasteiger partial charge in [0, 0.05) is 25.8 Å².